The Balaban J connectivity index is 2.93. The minimum atomic E-state index is -3.43. The summed E-state index contributed by atoms with van der Waals surface area (Å²) in [6.45, 7) is 0. The van der Waals surface area contributed by atoms with Gasteiger partial charge in [-0.2, -0.15) is 0 Å². The number of hydrogen-bond acceptors (Lipinski definition) is 5. The number of rotatable bonds is 5. The smallest absolute Gasteiger partial charge is 0.358 e. The zero-order valence-electron chi connectivity index (χ0n) is 8.17. The number of nitro groups is 1. The standard InChI is InChI=1S/C8H9ClN2O4S/c9-4-1-5-16(14,15)7-2-3-8(10-6-7)11(12)13/h2-3,6H,1,4-5H2. The van der Waals surface area contributed by atoms with Crippen molar-refractivity contribution in [3.05, 3.63) is 28.4 Å². The van der Waals surface area contributed by atoms with Crippen molar-refractivity contribution in [3.8, 4) is 0 Å². The lowest BCUT2D eigenvalue weighted by atomic mass is 10.5. The van der Waals surface area contributed by atoms with Gasteiger partial charge in [0.15, 0.2) is 16.0 Å². The second-order valence-corrected chi connectivity index (χ2v) is 5.46. The van der Waals surface area contributed by atoms with Crippen LogP contribution in [0.3, 0.4) is 0 Å². The molecule has 8 heteroatoms. The fourth-order valence-corrected chi connectivity index (χ4v) is 2.57. The summed E-state index contributed by atoms with van der Waals surface area (Å²) in [5.74, 6) is -0.216. The average Bonchev–Trinajstić information content (AvgIpc) is 2.26. The molecule has 0 aromatic carbocycles. The molecule has 1 aromatic heterocycles. The molecule has 1 aromatic rings. The van der Waals surface area contributed by atoms with Crippen molar-refractivity contribution in [1.82, 2.24) is 4.98 Å². The third-order valence-corrected chi connectivity index (χ3v) is 3.87. The molecule has 1 heterocycles. The Kier molecular flexibility index (Phi) is 4.19. The van der Waals surface area contributed by atoms with E-state index in [-0.39, 0.29) is 22.3 Å². The molecule has 0 aliphatic rings. The zero-order chi connectivity index (χ0) is 12.2. The van der Waals surface area contributed by atoms with E-state index in [0.717, 1.165) is 12.3 Å². The number of sulfone groups is 1. The van der Waals surface area contributed by atoms with Gasteiger partial charge < -0.3 is 10.1 Å². The van der Waals surface area contributed by atoms with Gasteiger partial charge in [0.05, 0.1) is 5.75 Å². The summed E-state index contributed by atoms with van der Waals surface area (Å²) in [6, 6.07) is 2.24. The van der Waals surface area contributed by atoms with Crippen molar-refractivity contribution in [3.63, 3.8) is 0 Å². The van der Waals surface area contributed by atoms with E-state index in [9.17, 15) is 18.5 Å². The minimum Gasteiger partial charge on any atom is -0.358 e. The van der Waals surface area contributed by atoms with Crippen LogP contribution in [0.5, 0.6) is 0 Å². The van der Waals surface area contributed by atoms with E-state index in [1.165, 1.54) is 6.07 Å². The summed E-state index contributed by atoms with van der Waals surface area (Å²) in [5.41, 5.74) is 0. The Morgan fingerprint density at radius 1 is 1.44 bits per heavy atom. The van der Waals surface area contributed by atoms with Crippen LogP contribution >= 0.6 is 11.6 Å². The summed E-state index contributed by atoms with van der Waals surface area (Å²) >= 11 is 5.39. The van der Waals surface area contributed by atoms with E-state index in [2.05, 4.69) is 4.98 Å². The van der Waals surface area contributed by atoms with Crippen LogP contribution in [0.2, 0.25) is 0 Å². The molecule has 0 fully saturated rings. The van der Waals surface area contributed by atoms with E-state index in [1.54, 1.807) is 0 Å². The zero-order valence-corrected chi connectivity index (χ0v) is 9.74. The van der Waals surface area contributed by atoms with Crippen molar-refractivity contribution >= 4 is 27.3 Å². The Hall–Kier alpha value is -1.21. The van der Waals surface area contributed by atoms with Gasteiger partial charge in [-0.25, -0.2) is 8.42 Å². The average molecular weight is 265 g/mol. The predicted molar refractivity (Wildman–Crippen MR) is 58.3 cm³/mol. The van der Waals surface area contributed by atoms with Crippen molar-refractivity contribution in [2.45, 2.75) is 11.3 Å². The highest BCUT2D eigenvalue weighted by atomic mass is 35.5. The highest BCUT2D eigenvalue weighted by Gasteiger charge is 2.17. The molecule has 0 bridgehead atoms. The third kappa shape index (κ3) is 3.14. The summed E-state index contributed by atoms with van der Waals surface area (Å²) in [7, 11) is -3.43. The summed E-state index contributed by atoms with van der Waals surface area (Å²) in [4.78, 5) is 13.0. The second-order valence-electron chi connectivity index (χ2n) is 2.97. The van der Waals surface area contributed by atoms with E-state index in [1.807, 2.05) is 0 Å². The Morgan fingerprint density at radius 2 is 2.12 bits per heavy atom. The van der Waals surface area contributed by atoms with Gasteiger partial charge in [0.2, 0.25) is 0 Å². The maximum atomic E-state index is 11.6. The lowest BCUT2D eigenvalue weighted by molar-refractivity contribution is -0.389. The third-order valence-electron chi connectivity index (χ3n) is 1.81. The van der Waals surface area contributed by atoms with Gasteiger partial charge >= 0.3 is 5.82 Å². The molecule has 88 valence electrons. The van der Waals surface area contributed by atoms with Crippen LogP contribution in [0.15, 0.2) is 23.2 Å². The molecule has 0 aliphatic heterocycles. The topological polar surface area (TPSA) is 90.2 Å². The molecular formula is C8H9ClN2O4S. The van der Waals surface area contributed by atoms with Gasteiger partial charge in [-0.3, -0.25) is 0 Å². The monoisotopic (exact) mass is 264 g/mol. The first-order valence-corrected chi connectivity index (χ1v) is 6.55. The lowest BCUT2D eigenvalue weighted by Crippen LogP contribution is -2.08. The maximum Gasteiger partial charge on any atom is 0.363 e. The van der Waals surface area contributed by atoms with Crippen LogP contribution in [0, 0.1) is 10.1 Å². The first-order chi connectivity index (χ1) is 7.47. The quantitative estimate of drug-likeness (QED) is 0.455. The number of nitrogens with zero attached hydrogens (tertiary/aromatic N) is 2. The predicted octanol–water partition coefficient (Wildman–Crippen LogP) is 1.39. The Bertz CT molecular complexity index is 471. The maximum absolute atomic E-state index is 11.6. The van der Waals surface area contributed by atoms with Crippen molar-refractivity contribution in [2.75, 3.05) is 11.6 Å². The van der Waals surface area contributed by atoms with Crippen LogP contribution in [-0.4, -0.2) is 30.0 Å². The molecule has 6 nitrogen and oxygen atoms in total. The van der Waals surface area contributed by atoms with Crippen molar-refractivity contribution < 1.29 is 13.3 Å². The molecule has 16 heavy (non-hydrogen) atoms. The number of alkyl halides is 1. The van der Waals surface area contributed by atoms with Gasteiger partial charge in [-0.1, -0.05) is 0 Å². The fourth-order valence-electron chi connectivity index (χ4n) is 1.03. The molecule has 1 rings (SSSR count). The van der Waals surface area contributed by atoms with E-state index >= 15 is 0 Å². The van der Waals surface area contributed by atoms with Crippen molar-refractivity contribution in [2.24, 2.45) is 0 Å². The van der Waals surface area contributed by atoms with Crippen LogP contribution < -0.4 is 0 Å². The first-order valence-electron chi connectivity index (χ1n) is 4.36. The van der Waals surface area contributed by atoms with E-state index in [0.29, 0.717) is 6.42 Å². The van der Waals surface area contributed by atoms with Gasteiger partial charge in [0.1, 0.15) is 4.90 Å². The van der Waals surface area contributed by atoms with Gasteiger partial charge in [-0.05, 0) is 22.4 Å². The molecule has 0 aliphatic carbocycles. The Labute approximate surface area is 97.3 Å². The fraction of sp³-hybridized carbons (Fsp3) is 0.375. The van der Waals surface area contributed by atoms with Crippen LogP contribution in [0.4, 0.5) is 5.82 Å². The molecule has 0 saturated heterocycles. The minimum absolute atomic E-state index is 0.0248. The molecular weight excluding hydrogens is 256 g/mol. The molecule has 0 radical (unpaired) electrons. The highest BCUT2D eigenvalue weighted by Crippen LogP contribution is 2.14. The molecule has 0 unspecified atom stereocenters. The summed E-state index contributed by atoms with van der Waals surface area (Å²) < 4.78 is 23.2. The van der Waals surface area contributed by atoms with E-state index in [4.69, 9.17) is 11.6 Å². The van der Waals surface area contributed by atoms with Crippen LogP contribution in [-0.2, 0) is 9.84 Å². The van der Waals surface area contributed by atoms with Crippen LogP contribution in [0.1, 0.15) is 6.42 Å². The lowest BCUT2D eigenvalue weighted by Gasteiger charge is -2.00. The van der Waals surface area contributed by atoms with Crippen LogP contribution in [0.25, 0.3) is 0 Å². The van der Waals surface area contributed by atoms with Gasteiger partial charge in [-0.15, -0.1) is 11.6 Å². The molecule has 0 saturated carbocycles. The molecule has 0 atom stereocenters. The first kappa shape index (κ1) is 12.9. The SMILES string of the molecule is O=[N+]([O-])c1ccc(S(=O)(=O)CCCCl)cn1. The summed E-state index contributed by atoms with van der Waals surface area (Å²) in [5, 5.41) is 10.3. The largest absolute Gasteiger partial charge is 0.363 e. The Morgan fingerprint density at radius 3 is 2.56 bits per heavy atom. The molecule has 0 amide bonds. The number of aromatic nitrogens is 1. The second kappa shape index (κ2) is 5.22. The van der Waals surface area contributed by atoms with E-state index < -0.39 is 14.8 Å². The molecule has 0 spiro atoms. The van der Waals surface area contributed by atoms with Gasteiger partial charge in [0.25, 0.3) is 0 Å². The summed E-state index contributed by atoms with van der Waals surface area (Å²) in [6.07, 6.45) is 1.32. The number of halogens is 1. The number of pyridine rings is 1. The number of hydrogen-bond donors (Lipinski definition) is 0. The van der Waals surface area contributed by atoms with Crippen molar-refractivity contribution in [1.29, 1.82) is 0 Å². The molecule has 0 N–H and O–H groups in total. The van der Waals surface area contributed by atoms with Gasteiger partial charge in [0, 0.05) is 11.9 Å². The highest BCUT2D eigenvalue weighted by molar-refractivity contribution is 7.91. The normalized spacial score (nSPS) is 11.3.